The topological polar surface area (TPSA) is 357 Å². The summed E-state index contributed by atoms with van der Waals surface area (Å²) >= 11 is 23.0. The van der Waals surface area contributed by atoms with Gasteiger partial charge in [0.1, 0.15) is 50.6 Å². The average Bonchev–Trinajstić information content (AvgIpc) is 4.47. The Morgan fingerprint density at radius 1 is 0.261 bits per heavy atom. The minimum atomic E-state index is -4.94. The molecule has 460 valence electrons. The normalized spacial score (nSPS) is 10.6. The van der Waals surface area contributed by atoms with Crippen molar-refractivity contribution in [2.45, 2.75) is 0 Å². The molecule has 0 fully saturated rings. The Balaban J connectivity index is 0.000000268. The van der Waals surface area contributed by atoms with Gasteiger partial charge in [0.15, 0.2) is 0 Å². The summed E-state index contributed by atoms with van der Waals surface area (Å²) in [5.41, 5.74) is 3.90. The van der Waals surface area contributed by atoms with Gasteiger partial charge in [-0.1, -0.05) is 192 Å². The van der Waals surface area contributed by atoms with Crippen LogP contribution in [0.15, 0.2) is 265 Å². The molecule has 8 aromatic carbocycles. The molecule has 0 saturated carbocycles. The summed E-state index contributed by atoms with van der Waals surface area (Å²) in [5.74, 6) is 0. The van der Waals surface area contributed by atoms with Gasteiger partial charge in [0.2, 0.25) is 0 Å². The van der Waals surface area contributed by atoms with Gasteiger partial charge in [-0.15, -0.1) is 61.3 Å². The van der Waals surface area contributed by atoms with Crippen LogP contribution in [0.1, 0.15) is 22.3 Å². The standard InChI is InChI=1S/2C10H8.4C9H7ClN4.2ClHO4.2Cu/c2*1-2-6-10-8-4-3-7-9(10)5-1;4*10-9-3-1-8(2-4-9)5-13-14-6-11-12-7-14;2*2-1(3,4)5;;/h2*1-8H;4*1-7H;2*(H,2,3,4,5);;/q;;;;;;;;2*+1/p-2/b;;4*13-5+;;;;. The molecule has 0 saturated heterocycles. The number of hydrogen-bond acceptors (Lipinski definition) is 20. The van der Waals surface area contributed by atoms with Crippen LogP contribution in [-0.4, -0.2) is 84.4 Å². The number of nitrogens with zero attached hydrogens (tertiary/aromatic N) is 16. The molecular weight excluding hydrogens is 1360 g/mol. The van der Waals surface area contributed by atoms with Gasteiger partial charge < -0.3 is 0 Å². The van der Waals surface area contributed by atoms with Gasteiger partial charge >= 0.3 is 34.1 Å². The molecule has 0 spiro atoms. The number of halogens is 6. The third-order valence-corrected chi connectivity index (χ3v) is 10.8. The van der Waals surface area contributed by atoms with Crippen molar-refractivity contribution in [1.29, 1.82) is 0 Å². The molecule has 24 nitrogen and oxygen atoms in total. The van der Waals surface area contributed by atoms with E-state index in [1.165, 1.54) is 90.9 Å². The van der Waals surface area contributed by atoms with Crippen molar-refractivity contribution in [2.24, 2.45) is 20.4 Å². The molecule has 0 N–H and O–H groups in total. The van der Waals surface area contributed by atoms with Gasteiger partial charge in [-0.05, 0) is 92.3 Å². The van der Waals surface area contributed by atoms with E-state index in [-0.39, 0.29) is 34.1 Å². The maximum absolute atomic E-state index is 8.49. The molecule has 0 aliphatic rings. The first-order chi connectivity index (χ1) is 41.3. The molecule has 0 aliphatic carbocycles. The third-order valence-electron chi connectivity index (χ3n) is 9.78. The maximum Gasteiger partial charge on any atom is 1.00 e. The van der Waals surface area contributed by atoms with Crippen molar-refractivity contribution in [1.82, 2.24) is 59.5 Å². The molecule has 0 atom stereocenters. The number of aromatic nitrogens is 12. The summed E-state index contributed by atoms with van der Waals surface area (Å²) in [6.07, 6.45) is 19.0. The largest absolute Gasteiger partial charge is 1.00 e. The molecule has 4 aromatic heterocycles. The van der Waals surface area contributed by atoms with E-state index in [1.54, 1.807) is 24.9 Å². The van der Waals surface area contributed by atoms with Crippen LogP contribution in [0.2, 0.25) is 20.1 Å². The van der Waals surface area contributed by atoms with Crippen LogP contribution in [-0.2, 0) is 34.1 Å². The quantitative estimate of drug-likeness (QED) is 0.155. The van der Waals surface area contributed by atoms with E-state index in [0.717, 1.165) is 22.3 Å². The zero-order valence-corrected chi connectivity index (χ0v) is 51.1. The zero-order chi connectivity index (χ0) is 61.8. The van der Waals surface area contributed by atoms with Crippen LogP contribution < -0.4 is 37.3 Å². The fourth-order valence-electron chi connectivity index (χ4n) is 6.01. The van der Waals surface area contributed by atoms with E-state index in [4.69, 9.17) is 83.7 Å². The van der Waals surface area contributed by atoms with E-state index >= 15 is 0 Å². The van der Waals surface area contributed by atoms with Crippen LogP contribution >= 0.6 is 46.4 Å². The summed E-state index contributed by atoms with van der Waals surface area (Å²) in [7, 11) is -9.89. The number of fused-ring (bicyclic) bond motifs is 2. The summed E-state index contributed by atoms with van der Waals surface area (Å²) in [5, 5.41) is 53.5. The van der Waals surface area contributed by atoms with Crippen molar-refractivity contribution in [2.75, 3.05) is 0 Å². The predicted octanol–water partition coefficient (Wildman–Crippen LogP) is 3.42. The molecule has 88 heavy (non-hydrogen) atoms. The fraction of sp³-hybridized carbons (Fsp3) is 0. The second-order valence-electron chi connectivity index (χ2n) is 16.0. The summed E-state index contributed by atoms with van der Waals surface area (Å²) < 4.78 is 74.0. The second kappa shape index (κ2) is 41.2. The number of benzene rings is 8. The monoisotopic (exact) mass is 1400 g/mol. The van der Waals surface area contributed by atoms with Gasteiger partial charge in [-0.2, -0.15) is 20.4 Å². The van der Waals surface area contributed by atoms with Crippen LogP contribution in [0.4, 0.5) is 0 Å². The molecule has 12 aromatic rings. The van der Waals surface area contributed by atoms with Crippen molar-refractivity contribution in [3.8, 4) is 0 Å². The first-order valence-electron chi connectivity index (χ1n) is 24.0. The van der Waals surface area contributed by atoms with Gasteiger partial charge in [0.25, 0.3) is 0 Å². The second-order valence-corrected chi connectivity index (χ2v) is 19.3. The van der Waals surface area contributed by atoms with Crippen LogP contribution in [0.5, 0.6) is 0 Å². The van der Waals surface area contributed by atoms with Crippen LogP contribution in [0.3, 0.4) is 0 Å². The van der Waals surface area contributed by atoms with Crippen molar-refractivity contribution in [3.63, 3.8) is 0 Å². The number of hydrogen-bond donors (Lipinski definition) is 0. The molecule has 0 bridgehead atoms. The van der Waals surface area contributed by atoms with Gasteiger partial charge in [0.05, 0.1) is 24.9 Å². The molecule has 32 heteroatoms. The molecule has 4 heterocycles. The first-order valence-corrected chi connectivity index (χ1v) is 28.0. The Labute approximate surface area is 547 Å². The van der Waals surface area contributed by atoms with E-state index in [9.17, 15) is 0 Å². The molecule has 0 amide bonds. The smallest absolute Gasteiger partial charge is 0.222 e. The Morgan fingerprint density at radius 2 is 0.398 bits per heavy atom. The van der Waals surface area contributed by atoms with E-state index in [2.05, 4.69) is 158 Å². The molecular formula is C56H44Cl6Cu2N16O8. The van der Waals surface area contributed by atoms with Crippen LogP contribution in [0.25, 0.3) is 21.5 Å². The van der Waals surface area contributed by atoms with Crippen molar-refractivity contribution in [3.05, 3.63) is 287 Å². The predicted molar refractivity (Wildman–Crippen MR) is 306 cm³/mol. The Bertz CT molecular complexity index is 3310. The fourth-order valence-corrected chi connectivity index (χ4v) is 6.52. The maximum atomic E-state index is 8.49. The zero-order valence-electron chi connectivity index (χ0n) is 44.7. The minimum absolute atomic E-state index is 0. The van der Waals surface area contributed by atoms with Crippen molar-refractivity contribution < 1.29 is 91.9 Å². The Hall–Kier alpha value is -8.02. The van der Waals surface area contributed by atoms with E-state index in [0.29, 0.717) is 20.1 Å². The van der Waals surface area contributed by atoms with Gasteiger partial charge in [-0.3, -0.25) is 0 Å². The summed E-state index contributed by atoms with van der Waals surface area (Å²) in [6, 6.07) is 63.0. The van der Waals surface area contributed by atoms with Gasteiger partial charge in [0, 0.05) is 20.1 Å². The first kappa shape index (κ1) is 74.2. The molecule has 0 aliphatic heterocycles. The van der Waals surface area contributed by atoms with Crippen molar-refractivity contribution >= 4 is 92.8 Å². The minimum Gasteiger partial charge on any atom is -0.222 e. The number of rotatable bonds is 8. The third kappa shape index (κ3) is 34.4. The average molecular weight is 1410 g/mol. The Morgan fingerprint density at radius 3 is 0.534 bits per heavy atom. The molecule has 0 unspecified atom stereocenters. The molecule has 12 rings (SSSR count). The van der Waals surface area contributed by atoms with E-state index < -0.39 is 20.5 Å². The molecule has 0 radical (unpaired) electrons. The Kier molecular flexibility index (Phi) is 34.7. The summed E-state index contributed by atoms with van der Waals surface area (Å²) in [4.78, 5) is 0. The SMILES string of the molecule is Clc1ccc(/C=N/n2cnnc2)cc1.Clc1ccc(/C=N/n2cnnc2)cc1.Clc1ccc(/C=N/n2cnnc2)cc1.Clc1ccc(/C=N/n2cnnc2)cc1.[Cu+].[Cu+].[O-][Cl+3]([O-])([O-])[O-].[O-][Cl+3]([O-])([O-])[O-].c1ccc2ccccc2c1.c1ccc2ccccc2c1. The van der Waals surface area contributed by atoms with E-state index in [1.807, 2.05) is 97.1 Å². The van der Waals surface area contributed by atoms with Gasteiger partial charge in [-0.25, -0.2) is 56.0 Å². The van der Waals surface area contributed by atoms with Crippen LogP contribution in [0, 0.1) is 20.5 Å². The summed E-state index contributed by atoms with van der Waals surface area (Å²) in [6.45, 7) is 0.